The van der Waals surface area contributed by atoms with Crippen molar-refractivity contribution in [2.24, 2.45) is 0 Å². The third-order valence-electron chi connectivity index (χ3n) is 2.36. The Balaban J connectivity index is 2.04. The molecule has 0 atom stereocenters. The maximum absolute atomic E-state index is 11.7. The van der Waals surface area contributed by atoms with E-state index in [0.29, 0.717) is 5.69 Å². The zero-order valence-electron chi connectivity index (χ0n) is 10.9. The van der Waals surface area contributed by atoms with E-state index in [2.05, 4.69) is 5.32 Å². The highest BCUT2D eigenvalue weighted by Crippen LogP contribution is 2.20. The SMILES string of the molecule is CC(=O)Nc1ccc(OC(=O)c2ccc([N+](=O)[O-])o2)cc1. The van der Waals surface area contributed by atoms with Crippen molar-refractivity contribution in [3.05, 3.63) is 52.3 Å². The summed E-state index contributed by atoms with van der Waals surface area (Å²) in [6, 6.07) is 8.27. The summed E-state index contributed by atoms with van der Waals surface area (Å²) in [6.45, 7) is 1.37. The van der Waals surface area contributed by atoms with Crippen molar-refractivity contribution in [2.75, 3.05) is 5.32 Å². The summed E-state index contributed by atoms with van der Waals surface area (Å²) in [5.74, 6) is -1.67. The highest BCUT2D eigenvalue weighted by atomic mass is 16.7. The molecule has 0 unspecified atom stereocenters. The summed E-state index contributed by atoms with van der Waals surface area (Å²) < 4.78 is 9.71. The number of rotatable bonds is 4. The fourth-order valence-electron chi connectivity index (χ4n) is 1.50. The number of furan rings is 1. The number of esters is 1. The summed E-state index contributed by atoms with van der Waals surface area (Å²) in [5, 5.41) is 13.0. The van der Waals surface area contributed by atoms with Gasteiger partial charge in [0.2, 0.25) is 11.7 Å². The number of hydrogen-bond donors (Lipinski definition) is 1. The smallest absolute Gasteiger partial charge is 0.421 e. The third kappa shape index (κ3) is 3.66. The van der Waals surface area contributed by atoms with Crippen LogP contribution in [0.3, 0.4) is 0 Å². The van der Waals surface area contributed by atoms with Gasteiger partial charge >= 0.3 is 11.9 Å². The number of hydrogen-bond acceptors (Lipinski definition) is 6. The minimum atomic E-state index is -0.852. The predicted molar refractivity (Wildman–Crippen MR) is 71.1 cm³/mol. The highest BCUT2D eigenvalue weighted by Gasteiger charge is 2.18. The first-order valence-corrected chi connectivity index (χ1v) is 5.80. The molecule has 8 heteroatoms. The predicted octanol–water partition coefficient (Wildman–Crippen LogP) is 2.37. The number of carbonyl (C=O) groups excluding carboxylic acids is 2. The lowest BCUT2D eigenvalue weighted by Gasteiger charge is -2.04. The van der Waals surface area contributed by atoms with Crippen molar-refractivity contribution < 1.29 is 23.7 Å². The normalized spacial score (nSPS) is 9.95. The first-order chi connectivity index (χ1) is 9.95. The van der Waals surface area contributed by atoms with Gasteiger partial charge in [-0.2, -0.15) is 0 Å². The van der Waals surface area contributed by atoms with E-state index in [-0.39, 0.29) is 17.4 Å². The van der Waals surface area contributed by atoms with E-state index in [4.69, 9.17) is 9.15 Å². The van der Waals surface area contributed by atoms with Gasteiger partial charge in [0.05, 0.1) is 6.07 Å². The van der Waals surface area contributed by atoms with Crippen LogP contribution in [0, 0.1) is 10.1 Å². The maximum atomic E-state index is 11.7. The number of nitro groups is 1. The zero-order chi connectivity index (χ0) is 15.4. The van der Waals surface area contributed by atoms with Crippen LogP contribution in [-0.4, -0.2) is 16.8 Å². The van der Waals surface area contributed by atoms with E-state index in [1.807, 2.05) is 0 Å². The Morgan fingerprint density at radius 3 is 2.38 bits per heavy atom. The second kappa shape index (κ2) is 5.87. The summed E-state index contributed by atoms with van der Waals surface area (Å²) in [7, 11) is 0. The van der Waals surface area contributed by atoms with Gasteiger partial charge in [-0.05, 0) is 30.3 Å². The Morgan fingerprint density at radius 1 is 1.19 bits per heavy atom. The molecule has 1 N–H and O–H groups in total. The first-order valence-electron chi connectivity index (χ1n) is 5.80. The molecule has 0 radical (unpaired) electrons. The maximum Gasteiger partial charge on any atom is 0.433 e. The van der Waals surface area contributed by atoms with Gasteiger partial charge in [0.1, 0.15) is 10.7 Å². The van der Waals surface area contributed by atoms with Crippen molar-refractivity contribution in [1.29, 1.82) is 0 Å². The molecule has 1 aromatic heterocycles. The van der Waals surface area contributed by atoms with Crippen LogP contribution in [0.15, 0.2) is 40.8 Å². The fraction of sp³-hybridized carbons (Fsp3) is 0.0769. The van der Waals surface area contributed by atoms with Crippen molar-refractivity contribution in [2.45, 2.75) is 6.92 Å². The average Bonchev–Trinajstić information content (AvgIpc) is 2.90. The van der Waals surface area contributed by atoms with Crippen LogP contribution in [0.5, 0.6) is 5.75 Å². The van der Waals surface area contributed by atoms with Crippen LogP contribution in [0.2, 0.25) is 0 Å². The van der Waals surface area contributed by atoms with Crippen molar-refractivity contribution in [1.82, 2.24) is 0 Å². The van der Waals surface area contributed by atoms with Gasteiger partial charge in [-0.25, -0.2) is 4.79 Å². The van der Waals surface area contributed by atoms with E-state index in [9.17, 15) is 19.7 Å². The van der Waals surface area contributed by atoms with E-state index in [1.165, 1.54) is 19.1 Å². The molecule has 8 nitrogen and oxygen atoms in total. The van der Waals surface area contributed by atoms with E-state index in [0.717, 1.165) is 12.1 Å². The number of benzene rings is 1. The Morgan fingerprint density at radius 2 is 1.86 bits per heavy atom. The Hall–Kier alpha value is -3.16. The van der Waals surface area contributed by atoms with Crippen molar-refractivity contribution in [3.63, 3.8) is 0 Å². The molecular formula is C13H10N2O6. The molecule has 21 heavy (non-hydrogen) atoms. The van der Waals surface area contributed by atoms with E-state index >= 15 is 0 Å². The molecule has 0 saturated carbocycles. The molecule has 1 amide bonds. The second-order valence-electron chi connectivity index (χ2n) is 3.99. The van der Waals surface area contributed by atoms with Gasteiger partial charge in [0.25, 0.3) is 0 Å². The lowest BCUT2D eigenvalue weighted by molar-refractivity contribution is -0.402. The van der Waals surface area contributed by atoms with Crippen LogP contribution < -0.4 is 10.1 Å². The number of nitrogens with zero attached hydrogens (tertiary/aromatic N) is 1. The first kappa shape index (κ1) is 14.3. The lowest BCUT2D eigenvalue weighted by Crippen LogP contribution is -2.08. The van der Waals surface area contributed by atoms with Crippen LogP contribution >= 0.6 is 0 Å². The van der Waals surface area contributed by atoms with E-state index in [1.54, 1.807) is 12.1 Å². The van der Waals surface area contributed by atoms with Gasteiger partial charge in [-0.15, -0.1) is 0 Å². The number of amides is 1. The summed E-state index contributed by atoms with van der Waals surface area (Å²) in [5.41, 5.74) is 0.552. The number of carbonyl (C=O) groups is 2. The van der Waals surface area contributed by atoms with Crippen LogP contribution in [0.4, 0.5) is 11.6 Å². The molecule has 2 aromatic rings. The topological polar surface area (TPSA) is 112 Å². The molecule has 108 valence electrons. The van der Waals surface area contributed by atoms with Crippen LogP contribution in [0.1, 0.15) is 17.5 Å². The molecule has 0 bridgehead atoms. The van der Waals surface area contributed by atoms with E-state index < -0.39 is 16.8 Å². The second-order valence-corrected chi connectivity index (χ2v) is 3.99. The molecule has 1 heterocycles. The average molecular weight is 290 g/mol. The number of anilines is 1. The molecular weight excluding hydrogens is 280 g/mol. The van der Waals surface area contributed by atoms with Crippen molar-refractivity contribution in [3.8, 4) is 5.75 Å². The molecule has 0 fully saturated rings. The monoisotopic (exact) mass is 290 g/mol. The largest absolute Gasteiger partial charge is 0.433 e. The van der Waals surface area contributed by atoms with Crippen LogP contribution in [-0.2, 0) is 4.79 Å². The zero-order valence-corrected chi connectivity index (χ0v) is 10.9. The van der Waals surface area contributed by atoms with Crippen molar-refractivity contribution >= 4 is 23.4 Å². The van der Waals surface area contributed by atoms with Gasteiger partial charge in [-0.3, -0.25) is 14.9 Å². The standard InChI is InChI=1S/C13H10N2O6/c1-8(16)14-9-2-4-10(5-3-9)20-13(17)11-6-7-12(21-11)15(18)19/h2-7H,1H3,(H,14,16). The summed E-state index contributed by atoms with van der Waals surface area (Å²) in [4.78, 5) is 32.3. The fourth-order valence-corrected chi connectivity index (χ4v) is 1.50. The Bertz CT molecular complexity index is 689. The third-order valence-corrected chi connectivity index (χ3v) is 2.36. The minimum Gasteiger partial charge on any atom is -0.421 e. The minimum absolute atomic E-state index is 0.216. The summed E-state index contributed by atoms with van der Waals surface area (Å²) in [6.07, 6.45) is 0. The van der Waals surface area contributed by atoms with Gasteiger partial charge < -0.3 is 14.5 Å². The van der Waals surface area contributed by atoms with Gasteiger partial charge in [-0.1, -0.05) is 0 Å². The molecule has 0 aliphatic carbocycles. The highest BCUT2D eigenvalue weighted by molar-refractivity contribution is 5.89. The Labute approximate surface area is 118 Å². The lowest BCUT2D eigenvalue weighted by atomic mass is 10.3. The molecule has 0 aliphatic rings. The number of nitrogens with one attached hydrogen (secondary N) is 1. The molecule has 0 saturated heterocycles. The molecule has 2 rings (SSSR count). The molecule has 0 spiro atoms. The summed E-state index contributed by atoms with van der Waals surface area (Å²) >= 11 is 0. The van der Waals surface area contributed by atoms with Gasteiger partial charge in [0.15, 0.2) is 0 Å². The molecule has 1 aromatic carbocycles. The quantitative estimate of drug-likeness (QED) is 0.400. The van der Waals surface area contributed by atoms with Gasteiger partial charge in [0, 0.05) is 12.6 Å². The molecule has 0 aliphatic heterocycles. The van der Waals surface area contributed by atoms with Crippen LogP contribution in [0.25, 0.3) is 0 Å². The number of ether oxygens (including phenoxy) is 1. The Kier molecular flexibility index (Phi) is 3.98.